The first-order chi connectivity index (χ1) is 11.8. The molecule has 114 valence electrons. The van der Waals surface area contributed by atoms with E-state index in [1.165, 1.54) is 16.2 Å². The molecular weight excluding hydrogens is 362 g/mol. The quantitative estimate of drug-likeness (QED) is 0.311. The number of aromatic nitrogens is 1. The monoisotopic (exact) mass is 373 g/mol. The second kappa shape index (κ2) is 5.18. The first-order valence-corrected chi connectivity index (χ1v) is 8.56. The molecule has 5 aromatic rings. The summed E-state index contributed by atoms with van der Waals surface area (Å²) in [5.74, 6) is 0.660. The van der Waals surface area contributed by atoms with Crippen LogP contribution in [0.15, 0.2) is 81.7 Å². The van der Waals surface area contributed by atoms with Crippen LogP contribution < -0.4 is 0 Å². The summed E-state index contributed by atoms with van der Waals surface area (Å²) in [6.45, 7) is 0. The van der Waals surface area contributed by atoms with E-state index < -0.39 is 0 Å². The fourth-order valence-electron chi connectivity index (χ4n) is 3.22. The summed E-state index contributed by atoms with van der Waals surface area (Å²) in [5.41, 5.74) is 2.72. The van der Waals surface area contributed by atoms with Crippen molar-refractivity contribution in [3.63, 3.8) is 0 Å². The molecule has 0 aliphatic rings. The van der Waals surface area contributed by atoms with E-state index in [2.05, 4.69) is 57.3 Å². The molecule has 1 aromatic heterocycles. The maximum atomic E-state index is 6.12. The van der Waals surface area contributed by atoms with Gasteiger partial charge in [-0.2, -0.15) is 0 Å². The van der Waals surface area contributed by atoms with Crippen LogP contribution in [0.25, 0.3) is 44.1 Å². The Balaban J connectivity index is 1.86. The van der Waals surface area contributed by atoms with E-state index in [0.717, 1.165) is 26.5 Å². The molecule has 0 radical (unpaired) electrons. The number of oxazole rings is 1. The molecule has 0 aliphatic heterocycles. The number of hydrogen-bond donors (Lipinski definition) is 0. The van der Waals surface area contributed by atoms with E-state index >= 15 is 0 Å². The van der Waals surface area contributed by atoms with Gasteiger partial charge in [0.05, 0.1) is 0 Å². The average Bonchev–Trinajstić information content (AvgIpc) is 3.07. The van der Waals surface area contributed by atoms with Crippen molar-refractivity contribution in [2.24, 2.45) is 0 Å². The SMILES string of the molecule is Brc1cccc2c1ccc1c2ccc2nc(-c3ccccc3)oc21. The molecule has 0 atom stereocenters. The van der Waals surface area contributed by atoms with E-state index in [-0.39, 0.29) is 0 Å². The number of fused-ring (bicyclic) bond motifs is 5. The Bertz CT molecular complexity index is 1210. The molecule has 4 aromatic carbocycles. The summed E-state index contributed by atoms with van der Waals surface area (Å²) in [6.07, 6.45) is 0. The van der Waals surface area contributed by atoms with Crippen LogP contribution in [0.1, 0.15) is 0 Å². The predicted molar refractivity (Wildman–Crippen MR) is 102 cm³/mol. The third-order valence-corrected chi connectivity index (χ3v) is 5.07. The van der Waals surface area contributed by atoms with Gasteiger partial charge in [-0.3, -0.25) is 0 Å². The van der Waals surface area contributed by atoms with Crippen LogP contribution in [0.4, 0.5) is 0 Å². The summed E-state index contributed by atoms with van der Waals surface area (Å²) < 4.78 is 7.23. The highest BCUT2D eigenvalue weighted by Crippen LogP contribution is 2.35. The van der Waals surface area contributed by atoms with Crippen LogP contribution in [0.3, 0.4) is 0 Å². The summed E-state index contributed by atoms with van der Waals surface area (Å²) >= 11 is 3.63. The minimum Gasteiger partial charge on any atom is -0.435 e. The van der Waals surface area contributed by atoms with E-state index in [9.17, 15) is 0 Å². The van der Waals surface area contributed by atoms with E-state index in [0.29, 0.717) is 5.89 Å². The minimum absolute atomic E-state index is 0.660. The van der Waals surface area contributed by atoms with Crippen LogP contribution in [-0.4, -0.2) is 4.98 Å². The zero-order valence-corrected chi connectivity index (χ0v) is 14.2. The highest BCUT2D eigenvalue weighted by Gasteiger charge is 2.12. The molecule has 0 N–H and O–H groups in total. The maximum absolute atomic E-state index is 6.12. The Morgan fingerprint density at radius 2 is 1.42 bits per heavy atom. The van der Waals surface area contributed by atoms with Gasteiger partial charge in [-0.25, -0.2) is 4.98 Å². The molecule has 0 spiro atoms. The van der Waals surface area contributed by atoms with Crippen molar-refractivity contribution >= 4 is 48.6 Å². The van der Waals surface area contributed by atoms with Crippen LogP contribution >= 0.6 is 15.9 Å². The molecule has 2 nitrogen and oxygen atoms in total. The first-order valence-electron chi connectivity index (χ1n) is 7.77. The molecule has 0 unspecified atom stereocenters. The van der Waals surface area contributed by atoms with Crippen LogP contribution in [0.5, 0.6) is 0 Å². The molecule has 0 fully saturated rings. The van der Waals surface area contributed by atoms with Crippen molar-refractivity contribution in [3.8, 4) is 11.5 Å². The Morgan fingerprint density at radius 1 is 0.667 bits per heavy atom. The number of hydrogen-bond acceptors (Lipinski definition) is 2. The minimum atomic E-state index is 0.660. The van der Waals surface area contributed by atoms with Crippen LogP contribution in [0, 0.1) is 0 Å². The van der Waals surface area contributed by atoms with Crippen molar-refractivity contribution in [1.29, 1.82) is 0 Å². The molecule has 0 bridgehead atoms. The van der Waals surface area contributed by atoms with Gasteiger partial charge in [0.1, 0.15) is 5.52 Å². The Morgan fingerprint density at radius 3 is 2.29 bits per heavy atom. The van der Waals surface area contributed by atoms with Crippen molar-refractivity contribution in [1.82, 2.24) is 4.98 Å². The highest BCUT2D eigenvalue weighted by molar-refractivity contribution is 9.10. The normalized spacial score (nSPS) is 11.5. The molecule has 0 saturated heterocycles. The third-order valence-electron chi connectivity index (χ3n) is 4.38. The number of rotatable bonds is 1. The first kappa shape index (κ1) is 13.8. The third kappa shape index (κ3) is 1.98. The lowest BCUT2D eigenvalue weighted by Crippen LogP contribution is -1.80. The van der Waals surface area contributed by atoms with Gasteiger partial charge in [0.25, 0.3) is 0 Å². The van der Waals surface area contributed by atoms with Gasteiger partial charge in [-0.1, -0.05) is 58.4 Å². The molecule has 0 amide bonds. The molecular formula is C21H12BrNO. The van der Waals surface area contributed by atoms with Gasteiger partial charge in [-0.05, 0) is 46.5 Å². The van der Waals surface area contributed by atoms with Gasteiger partial charge in [0.15, 0.2) is 5.58 Å². The summed E-state index contributed by atoms with van der Waals surface area (Å²) in [4.78, 5) is 4.65. The fraction of sp³-hybridized carbons (Fsp3) is 0. The lowest BCUT2D eigenvalue weighted by Gasteiger charge is -2.05. The molecule has 24 heavy (non-hydrogen) atoms. The molecule has 5 rings (SSSR count). The van der Waals surface area contributed by atoms with Crippen molar-refractivity contribution in [2.45, 2.75) is 0 Å². The maximum Gasteiger partial charge on any atom is 0.227 e. The average molecular weight is 374 g/mol. The summed E-state index contributed by atoms with van der Waals surface area (Å²) in [5, 5.41) is 4.68. The number of halogens is 1. The van der Waals surface area contributed by atoms with E-state index in [1.807, 2.05) is 36.4 Å². The van der Waals surface area contributed by atoms with Gasteiger partial charge in [0, 0.05) is 15.4 Å². The van der Waals surface area contributed by atoms with Crippen LogP contribution in [-0.2, 0) is 0 Å². The predicted octanol–water partition coefficient (Wildman–Crippen LogP) is 6.56. The summed E-state index contributed by atoms with van der Waals surface area (Å²) in [7, 11) is 0. The Labute approximate surface area is 146 Å². The topological polar surface area (TPSA) is 26.0 Å². The lowest BCUT2D eigenvalue weighted by atomic mass is 10.0. The smallest absolute Gasteiger partial charge is 0.227 e. The van der Waals surface area contributed by atoms with Gasteiger partial charge in [0.2, 0.25) is 5.89 Å². The fourth-order valence-corrected chi connectivity index (χ4v) is 3.72. The van der Waals surface area contributed by atoms with Gasteiger partial charge >= 0.3 is 0 Å². The van der Waals surface area contributed by atoms with Crippen molar-refractivity contribution in [3.05, 3.63) is 77.3 Å². The van der Waals surface area contributed by atoms with E-state index in [1.54, 1.807) is 0 Å². The number of benzene rings is 4. The van der Waals surface area contributed by atoms with Crippen molar-refractivity contribution in [2.75, 3.05) is 0 Å². The van der Waals surface area contributed by atoms with Gasteiger partial charge in [-0.15, -0.1) is 0 Å². The molecule has 1 heterocycles. The zero-order chi connectivity index (χ0) is 16.1. The Kier molecular flexibility index (Phi) is 2.97. The largest absolute Gasteiger partial charge is 0.435 e. The molecule has 0 saturated carbocycles. The number of nitrogens with zero attached hydrogens (tertiary/aromatic N) is 1. The van der Waals surface area contributed by atoms with Crippen LogP contribution in [0.2, 0.25) is 0 Å². The van der Waals surface area contributed by atoms with E-state index in [4.69, 9.17) is 4.42 Å². The standard InChI is InChI=1S/C21H12BrNO/c22-18-8-4-7-14-15-11-12-19-20(17(15)10-9-16(14)18)24-21(23-19)13-5-2-1-3-6-13/h1-12H. The summed E-state index contributed by atoms with van der Waals surface area (Å²) in [6, 6.07) is 24.7. The lowest BCUT2D eigenvalue weighted by molar-refractivity contribution is 0.623. The Hall–Kier alpha value is -2.65. The van der Waals surface area contributed by atoms with Gasteiger partial charge < -0.3 is 4.42 Å². The highest BCUT2D eigenvalue weighted by atomic mass is 79.9. The molecule has 3 heteroatoms. The van der Waals surface area contributed by atoms with Crippen molar-refractivity contribution < 1.29 is 4.42 Å². The second-order valence-corrected chi connectivity index (χ2v) is 6.65. The second-order valence-electron chi connectivity index (χ2n) is 5.79. The zero-order valence-electron chi connectivity index (χ0n) is 12.7. The molecule has 0 aliphatic carbocycles.